The monoisotopic (exact) mass is 482 g/mol. The van der Waals surface area contributed by atoms with E-state index in [0.717, 1.165) is 23.1 Å². The van der Waals surface area contributed by atoms with Crippen LogP contribution in [0.2, 0.25) is 0 Å². The fourth-order valence-electron chi connectivity index (χ4n) is 2.48. The van der Waals surface area contributed by atoms with E-state index in [1.807, 2.05) is 18.2 Å². The molecule has 136 valence electrons. The topological polar surface area (TPSA) is 49.3 Å². The maximum absolute atomic E-state index is 12.5. The van der Waals surface area contributed by atoms with E-state index in [-0.39, 0.29) is 30.5 Å². The number of nitrogens with zero attached hydrogens (tertiary/aromatic N) is 2. The summed E-state index contributed by atoms with van der Waals surface area (Å²) >= 11 is 0.984. The number of benzene rings is 1. The van der Waals surface area contributed by atoms with Gasteiger partial charge < -0.3 is 10.6 Å². The zero-order valence-electron chi connectivity index (χ0n) is 13.4. The van der Waals surface area contributed by atoms with Gasteiger partial charge in [-0.15, -0.1) is 35.3 Å². The van der Waals surface area contributed by atoms with Crippen molar-refractivity contribution in [2.45, 2.75) is 31.1 Å². The predicted molar refractivity (Wildman–Crippen MR) is 103 cm³/mol. The van der Waals surface area contributed by atoms with Crippen LogP contribution in [0.1, 0.15) is 28.6 Å². The molecule has 2 atom stereocenters. The minimum absolute atomic E-state index is 0. The number of aliphatic imine (C=N–C) groups is 1. The van der Waals surface area contributed by atoms with Crippen molar-refractivity contribution < 1.29 is 13.2 Å². The molecule has 0 bridgehead atoms. The van der Waals surface area contributed by atoms with Crippen molar-refractivity contribution >= 4 is 41.3 Å². The van der Waals surface area contributed by atoms with Gasteiger partial charge in [0.25, 0.3) is 0 Å². The van der Waals surface area contributed by atoms with Crippen LogP contribution in [-0.4, -0.2) is 24.0 Å². The second-order valence-electron chi connectivity index (χ2n) is 5.55. The summed E-state index contributed by atoms with van der Waals surface area (Å²) in [5.41, 5.74) is 0.429. The molecule has 0 radical (unpaired) electrons. The van der Waals surface area contributed by atoms with E-state index < -0.39 is 11.9 Å². The van der Waals surface area contributed by atoms with E-state index in [4.69, 9.17) is 0 Å². The van der Waals surface area contributed by atoms with Crippen molar-refractivity contribution in [2.24, 2.45) is 4.99 Å². The Bertz CT molecular complexity index is 718. The normalized spacial score (nSPS) is 19.9. The molecule has 1 aliphatic carbocycles. The lowest BCUT2D eigenvalue weighted by atomic mass is 10.1. The molecule has 0 amide bonds. The highest BCUT2D eigenvalue weighted by Gasteiger charge is 2.39. The third-order valence-electron chi connectivity index (χ3n) is 3.81. The molecule has 1 fully saturated rings. The number of alkyl halides is 3. The van der Waals surface area contributed by atoms with Crippen LogP contribution in [0.25, 0.3) is 0 Å². The molecule has 0 aliphatic heterocycles. The molecule has 1 aliphatic rings. The maximum atomic E-state index is 12.5. The van der Waals surface area contributed by atoms with Crippen molar-refractivity contribution in [1.82, 2.24) is 15.6 Å². The molecule has 1 aromatic heterocycles. The summed E-state index contributed by atoms with van der Waals surface area (Å²) in [5, 5.41) is 7.71. The van der Waals surface area contributed by atoms with Crippen LogP contribution in [0.4, 0.5) is 13.2 Å². The first-order valence-electron chi connectivity index (χ1n) is 7.51. The van der Waals surface area contributed by atoms with Gasteiger partial charge in [0, 0.05) is 24.4 Å². The van der Waals surface area contributed by atoms with E-state index in [1.54, 1.807) is 7.05 Å². The summed E-state index contributed by atoms with van der Waals surface area (Å²) in [5.74, 6) is 1.02. The van der Waals surface area contributed by atoms with Crippen molar-refractivity contribution in [3.63, 3.8) is 0 Å². The molecule has 4 nitrogen and oxygen atoms in total. The Labute approximate surface area is 165 Å². The third kappa shape index (κ3) is 5.30. The van der Waals surface area contributed by atoms with Crippen molar-refractivity contribution in [2.75, 3.05) is 7.05 Å². The number of hydrogen-bond donors (Lipinski definition) is 2. The highest BCUT2D eigenvalue weighted by atomic mass is 127. The van der Waals surface area contributed by atoms with Gasteiger partial charge >= 0.3 is 6.18 Å². The molecular weight excluding hydrogens is 464 g/mol. The molecule has 1 heterocycles. The average molecular weight is 482 g/mol. The highest BCUT2D eigenvalue weighted by Crippen LogP contribution is 2.40. The molecule has 0 spiro atoms. The molecule has 1 aromatic carbocycles. The summed E-state index contributed by atoms with van der Waals surface area (Å²) in [6, 6.07) is 10.5. The minimum atomic E-state index is -4.40. The van der Waals surface area contributed by atoms with Crippen LogP contribution >= 0.6 is 35.3 Å². The van der Waals surface area contributed by atoms with E-state index >= 15 is 0 Å². The summed E-state index contributed by atoms with van der Waals surface area (Å²) < 4.78 is 37.6. The van der Waals surface area contributed by atoms with E-state index in [1.165, 1.54) is 5.56 Å². The Hall–Kier alpha value is -1.36. The molecule has 2 N–H and O–H groups in total. The lowest BCUT2D eigenvalue weighted by Gasteiger charge is -2.11. The van der Waals surface area contributed by atoms with Crippen LogP contribution in [-0.2, 0) is 12.7 Å². The third-order valence-corrected chi connectivity index (χ3v) is 4.66. The number of thiazole rings is 1. The first kappa shape index (κ1) is 20.0. The predicted octanol–water partition coefficient (Wildman–Crippen LogP) is 4.00. The average Bonchev–Trinajstić information content (AvgIpc) is 3.15. The fraction of sp³-hybridized carbons (Fsp3) is 0.375. The van der Waals surface area contributed by atoms with E-state index in [2.05, 4.69) is 32.7 Å². The van der Waals surface area contributed by atoms with Crippen molar-refractivity contribution in [3.05, 3.63) is 52.0 Å². The van der Waals surface area contributed by atoms with Gasteiger partial charge in [0.15, 0.2) is 11.7 Å². The smallest absolute Gasteiger partial charge is 0.353 e. The molecule has 2 unspecified atom stereocenters. The van der Waals surface area contributed by atoms with Gasteiger partial charge in [-0.2, -0.15) is 13.2 Å². The lowest BCUT2D eigenvalue weighted by Crippen LogP contribution is -2.38. The van der Waals surface area contributed by atoms with Crippen molar-refractivity contribution in [1.29, 1.82) is 0 Å². The van der Waals surface area contributed by atoms with Crippen molar-refractivity contribution in [3.8, 4) is 0 Å². The van der Waals surface area contributed by atoms with Crippen LogP contribution in [0.5, 0.6) is 0 Å². The van der Waals surface area contributed by atoms with Crippen LogP contribution in [0.3, 0.4) is 0 Å². The van der Waals surface area contributed by atoms with E-state index in [0.29, 0.717) is 22.9 Å². The quantitative estimate of drug-likeness (QED) is 0.394. The Morgan fingerprint density at radius 1 is 1.32 bits per heavy atom. The number of nitrogens with one attached hydrogen (secondary N) is 2. The molecule has 1 saturated carbocycles. The summed E-state index contributed by atoms with van der Waals surface area (Å²) in [4.78, 5) is 7.71. The SMILES string of the molecule is CN=C(NCc1nc(C(F)(F)F)cs1)NC1CC1c1ccccc1.I. The Morgan fingerprint density at radius 3 is 2.64 bits per heavy atom. The zero-order chi connectivity index (χ0) is 17.2. The van der Waals surface area contributed by atoms with Gasteiger partial charge in [-0.3, -0.25) is 4.99 Å². The second-order valence-corrected chi connectivity index (χ2v) is 6.50. The molecule has 0 saturated heterocycles. The number of rotatable bonds is 4. The van der Waals surface area contributed by atoms with Crippen LogP contribution < -0.4 is 10.6 Å². The minimum Gasteiger partial charge on any atom is -0.353 e. The molecule has 25 heavy (non-hydrogen) atoms. The number of guanidine groups is 1. The Kier molecular flexibility index (Phi) is 6.66. The van der Waals surface area contributed by atoms with E-state index in [9.17, 15) is 13.2 Å². The molecule has 3 rings (SSSR count). The highest BCUT2D eigenvalue weighted by molar-refractivity contribution is 14.0. The first-order chi connectivity index (χ1) is 11.5. The van der Waals surface area contributed by atoms with Gasteiger partial charge in [0.05, 0.1) is 6.54 Å². The lowest BCUT2D eigenvalue weighted by molar-refractivity contribution is -0.140. The number of aromatic nitrogens is 1. The van der Waals surface area contributed by atoms with Gasteiger partial charge in [-0.1, -0.05) is 30.3 Å². The van der Waals surface area contributed by atoms with Gasteiger partial charge in [-0.25, -0.2) is 4.98 Å². The summed E-state index contributed by atoms with van der Waals surface area (Å²) in [6.07, 6.45) is -3.38. The Balaban J connectivity index is 0.00000225. The first-order valence-corrected chi connectivity index (χ1v) is 8.39. The van der Waals surface area contributed by atoms with Gasteiger partial charge in [0.2, 0.25) is 0 Å². The number of hydrogen-bond acceptors (Lipinski definition) is 3. The van der Waals surface area contributed by atoms with Crippen LogP contribution in [0, 0.1) is 0 Å². The largest absolute Gasteiger partial charge is 0.434 e. The molecule has 2 aromatic rings. The van der Waals surface area contributed by atoms with Gasteiger partial charge in [0.1, 0.15) is 5.01 Å². The second kappa shape index (κ2) is 8.35. The fourth-order valence-corrected chi connectivity index (χ4v) is 3.22. The number of halogens is 4. The summed E-state index contributed by atoms with van der Waals surface area (Å²) in [6.45, 7) is 0.211. The summed E-state index contributed by atoms with van der Waals surface area (Å²) in [7, 11) is 1.64. The van der Waals surface area contributed by atoms with Gasteiger partial charge in [-0.05, 0) is 12.0 Å². The Morgan fingerprint density at radius 2 is 2.04 bits per heavy atom. The molecular formula is C16H18F3IN4S. The zero-order valence-corrected chi connectivity index (χ0v) is 16.5. The molecule has 9 heteroatoms. The standard InChI is InChI=1S/C16H17F3N4S.HI/c1-20-15(21-8-14-23-13(9-24-14)16(17,18)19)22-12-7-11(12)10-5-3-2-4-6-10;/h2-6,9,11-12H,7-8H2,1H3,(H2,20,21,22);1H. The maximum Gasteiger partial charge on any atom is 0.434 e. The van der Waals surface area contributed by atoms with Crippen LogP contribution in [0.15, 0.2) is 40.7 Å².